The lowest BCUT2D eigenvalue weighted by Crippen LogP contribution is -2.29. The maximum absolute atomic E-state index is 12.4. The smallest absolute Gasteiger partial charge is 0.312 e. The summed E-state index contributed by atoms with van der Waals surface area (Å²) in [6.45, 7) is 4.39. The Bertz CT molecular complexity index is 232. The molecule has 0 aliphatic heterocycles. The standard InChI is InChI=1S/C11H23O3P/c1-9(2)10-7-5-6-8-11(10)15(12,13-3)14-4/h9-11H,5-8H2,1-4H3. The molecule has 90 valence electrons. The molecule has 1 aliphatic rings. The first-order chi connectivity index (χ1) is 7.05. The van der Waals surface area contributed by atoms with Gasteiger partial charge in [-0.15, -0.1) is 0 Å². The van der Waals surface area contributed by atoms with Crippen LogP contribution >= 0.6 is 7.60 Å². The Kier molecular flexibility index (Phi) is 4.82. The fourth-order valence-electron chi connectivity index (χ4n) is 2.66. The maximum Gasteiger partial charge on any atom is 0.333 e. The van der Waals surface area contributed by atoms with Crippen LogP contribution in [0.4, 0.5) is 0 Å². The second kappa shape index (κ2) is 5.47. The van der Waals surface area contributed by atoms with Crippen molar-refractivity contribution in [2.24, 2.45) is 11.8 Å². The van der Waals surface area contributed by atoms with Gasteiger partial charge in [-0.3, -0.25) is 4.57 Å². The third kappa shape index (κ3) is 2.83. The van der Waals surface area contributed by atoms with Crippen molar-refractivity contribution >= 4 is 7.60 Å². The molecule has 4 heteroatoms. The van der Waals surface area contributed by atoms with Gasteiger partial charge in [-0.1, -0.05) is 26.7 Å². The van der Waals surface area contributed by atoms with Crippen LogP contribution in [0.15, 0.2) is 0 Å². The van der Waals surface area contributed by atoms with E-state index in [1.54, 1.807) is 0 Å². The fourth-order valence-corrected chi connectivity index (χ4v) is 4.81. The van der Waals surface area contributed by atoms with Gasteiger partial charge in [0.15, 0.2) is 0 Å². The first-order valence-electron chi connectivity index (χ1n) is 5.76. The van der Waals surface area contributed by atoms with Gasteiger partial charge in [-0.25, -0.2) is 0 Å². The van der Waals surface area contributed by atoms with Crippen LogP contribution in [0.1, 0.15) is 39.5 Å². The summed E-state index contributed by atoms with van der Waals surface area (Å²) in [5, 5.41) is 0. The SMILES string of the molecule is COP(=O)(OC)C1CCCCC1C(C)C. The molecule has 2 unspecified atom stereocenters. The van der Waals surface area contributed by atoms with Crippen molar-refractivity contribution in [3.05, 3.63) is 0 Å². The van der Waals surface area contributed by atoms with Crippen LogP contribution < -0.4 is 0 Å². The largest absolute Gasteiger partial charge is 0.333 e. The molecule has 0 heterocycles. The Hall–Kier alpha value is 0.150. The minimum absolute atomic E-state index is 0.0984. The Labute approximate surface area is 93.1 Å². The second-order valence-corrected chi connectivity index (χ2v) is 7.14. The molecule has 1 aliphatic carbocycles. The van der Waals surface area contributed by atoms with Crippen molar-refractivity contribution in [2.75, 3.05) is 14.2 Å². The van der Waals surface area contributed by atoms with E-state index in [1.807, 2.05) is 0 Å². The molecule has 0 aromatic heterocycles. The van der Waals surface area contributed by atoms with Crippen LogP contribution in [-0.4, -0.2) is 19.9 Å². The van der Waals surface area contributed by atoms with E-state index < -0.39 is 7.60 Å². The van der Waals surface area contributed by atoms with Crippen molar-refractivity contribution in [2.45, 2.75) is 45.2 Å². The molecule has 15 heavy (non-hydrogen) atoms. The van der Waals surface area contributed by atoms with Crippen molar-refractivity contribution in [3.63, 3.8) is 0 Å². The number of hydrogen-bond acceptors (Lipinski definition) is 3. The molecule has 0 saturated heterocycles. The van der Waals surface area contributed by atoms with Gasteiger partial charge in [0.25, 0.3) is 0 Å². The normalized spacial score (nSPS) is 28.3. The third-order valence-corrected chi connectivity index (χ3v) is 6.02. The topological polar surface area (TPSA) is 35.5 Å². The average molecular weight is 234 g/mol. The van der Waals surface area contributed by atoms with E-state index in [-0.39, 0.29) is 5.66 Å². The summed E-state index contributed by atoms with van der Waals surface area (Å²) < 4.78 is 22.7. The highest BCUT2D eigenvalue weighted by Crippen LogP contribution is 2.59. The number of rotatable bonds is 4. The molecular weight excluding hydrogens is 211 g/mol. The van der Waals surface area contributed by atoms with Crippen molar-refractivity contribution < 1.29 is 13.6 Å². The molecule has 1 fully saturated rings. The second-order valence-electron chi connectivity index (χ2n) is 4.66. The van der Waals surface area contributed by atoms with Gasteiger partial charge in [-0.2, -0.15) is 0 Å². The average Bonchev–Trinajstić information content (AvgIpc) is 2.28. The predicted molar refractivity (Wildman–Crippen MR) is 62.2 cm³/mol. The van der Waals surface area contributed by atoms with Gasteiger partial charge >= 0.3 is 7.60 Å². The summed E-state index contributed by atoms with van der Waals surface area (Å²) in [4.78, 5) is 0. The van der Waals surface area contributed by atoms with E-state index in [1.165, 1.54) is 20.6 Å². The van der Waals surface area contributed by atoms with Crippen LogP contribution in [0, 0.1) is 11.8 Å². The Morgan fingerprint density at radius 3 is 2.13 bits per heavy atom. The minimum atomic E-state index is -2.87. The van der Waals surface area contributed by atoms with Crippen LogP contribution in [-0.2, 0) is 13.6 Å². The molecule has 0 radical (unpaired) electrons. The van der Waals surface area contributed by atoms with Crippen LogP contribution in [0.3, 0.4) is 0 Å². The van der Waals surface area contributed by atoms with Crippen molar-refractivity contribution in [1.82, 2.24) is 0 Å². The predicted octanol–water partition coefficient (Wildman–Crippen LogP) is 3.69. The summed E-state index contributed by atoms with van der Waals surface area (Å²) in [7, 11) is 0.126. The summed E-state index contributed by atoms with van der Waals surface area (Å²) in [6, 6.07) is 0. The first kappa shape index (κ1) is 13.2. The molecular formula is C11H23O3P. The fraction of sp³-hybridized carbons (Fsp3) is 1.00. The van der Waals surface area contributed by atoms with Gasteiger partial charge in [0.05, 0.1) is 5.66 Å². The lowest BCUT2D eigenvalue weighted by Gasteiger charge is -2.37. The first-order valence-corrected chi connectivity index (χ1v) is 7.37. The monoisotopic (exact) mass is 234 g/mol. The molecule has 0 bridgehead atoms. The summed E-state index contributed by atoms with van der Waals surface area (Å²) in [5.74, 6) is 1.03. The molecule has 0 N–H and O–H groups in total. The van der Waals surface area contributed by atoms with Gasteiger partial charge < -0.3 is 9.05 Å². The van der Waals surface area contributed by atoms with E-state index in [0.717, 1.165) is 19.3 Å². The van der Waals surface area contributed by atoms with Crippen molar-refractivity contribution in [3.8, 4) is 0 Å². The highest BCUT2D eigenvalue weighted by atomic mass is 31.2. The molecule has 0 spiro atoms. The molecule has 0 aromatic carbocycles. The molecule has 0 aromatic rings. The Morgan fingerprint density at radius 1 is 1.13 bits per heavy atom. The quantitative estimate of drug-likeness (QED) is 0.696. The lowest BCUT2D eigenvalue weighted by atomic mass is 9.81. The van der Waals surface area contributed by atoms with Gasteiger partial charge in [0.1, 0.15) is 0 Å². The van der Waals surface area contributed by atoms with Gasteiger partial charge in [0, 0.05) is 14.2 Å². The molecule has 2 atom stereocenters. The molecule has 0 amide bonds. The zero-order valence-electron chi connectivity index (χ0n) is 10.2. The van der Waals surface area contributed by atoms with Crippen LogP contribution in [0.2, 0.25) is 0 Å². The molecule has 1 rings (SSSR count). The number of hydrogen-bond donors (Lipinski definition) is 0. The highest BCUT2D eigenvalue weighted by Gasteiger charge is 2.42. The van der Waals surface area contributed by atoms with Gasteiger partial charge in [-0.05, 0) is 24.7 Å². The minimum Gasteiger partial charge on any atom is -0.312 e. The lowest BCUT2D eigenvalue weighted by molar-refractivity contribution is 0.210. The Balaban J connectivity index is 2.84. The zero-order valence-corrected chi connectivity index (χ0v) is 11.1. The van der Waals surface area contributed by atoms with E-state index in [9.17, 15) is 4.57 Å². The summed E-state index contributed by atoms with van der Waals surface area (Å²) in [5.41, 5.74) is 0.0984. The summed E-state index contributed by atoms with van der Waals surface area (Å²) in [6.07, 6.45) is 4.51. The van der Waals surface area contributed by atoms with Crippen molar-refractivity contribution in [1.29, 1.82) is 0 Å². The summed E-state index contributed by atoms with van der Waals surface area (Å²) >= 11 is 0. The highest BCUT2D eigenvalue weighted by molar-refractivity contribution is 7.54. The van der Waals surface area contributed by atoms with Crippen LogP contribution in [0.5, 0.6) is 0 Å². The van der Waals surface area contributed by atoms with Gasteiger partial charge in [0.2, 0.25) is 0 Å². The zero-order chi connectivity index (χ0) is 11.5. The third-order valence-electron chi connectivity index (χ3n) is 3.55. The molecule has 3 nitrogen and oxygen atoms in total. The Morgan fingerprint density at radius 2 is 1.67 bits per heavy atom. The van der Waals surface area contributed by atoms with E-state index in [0.29, 0.717) is 11.8 Å². The van der Waals surface area contributed by atoms with Crippen LogP contribution in [0.25, 0.3) is 0 Å². The van der Waals surface area contributed by atoms with E-state index in [2.05, 4.69) is 13.8 Å². The molecule has 1 saturated carbocycles. The van der Waals surface area contributed by atoms with E-state index in [4.69, 9.17) is 9.05 Å². The van der Waals surface area contributed by atoms with E-state index >= 15 is 0 Å². The maximum atomic E-state index is 12.4.